The summed E-state index contributed by atoms with van der Waals surface area (Å²) >= 11 is 1.07. The normalized spacial score (nSPS) is 23.4. The van der Waals surface area contributed by atoms with Gasteiger partial charge < -0.3 is 10.0 Å². The van der Waals surface area contributed by atoms with E-state index in [4.69, 9.17) is 5.11 Å². The Kier molecular flexibility index (Phi) is 3.76. The summed E-state index contributed by atoms with van der Waals surface area (Å²) in [6, 6.07) is 3.63. The highest BCUT2D eigenvalue weighted by molar-refractivity contribution is 7.15. The predicted octanol–water partition coefficient (Wildman–Crippen LogP) is 1.76. The van der Waals surface area contributed by atoms with Gasteiger partial charge in [0.2, 0.25) is 0 Å². The van der Waals surface area contributed by atoms with E-state index in [1.54, 1.807) is 6.07 Å². The standard InChI is InChI=1S/C14H18N2O3S/c17-13(11-4-5-12(20-11)14(18)19)16-8-2-7-15-6-1-3-10(15)9-16/h4-5,10H,1-3,6-9H2,(H,18,19). The van der Waals surface area contributed by atoms with Crippen molar-refractivity contribution in [1.29, 1.82) is 0 Å². The number of carbonyl (C=O) groups is 2. The fourth-order valence-corrected chi connectivity index (χ4v) is 3.93. The first-order chi connectivity index (χ1) is 9.65. The van der Waals surface area contributed by atoms with Crippen LogP contribution in [0.15, 0.2) is 12.1 Å². The van der Waals surface area contributed by atoms with Gasteiger partial charge in [-0.1, -0.05) is 0 Å². The molecule has 20 heavy (non-hydrogen) atoms. The zero-order valence-corrected chi connectivity index (χ0v) is 12.1. The van der Waals surface area contributed by atoms with Gasteiger partial charge in [0.05, 0.1) is 4.88 Å². The van der Waals surface area contributed by atoms with Gasteiger partial charge in [-0.05, 0) is 37.9 Å². The minimum atomic E-state index is -0.966. The van der Waals surface area contributed by atoms with Crippen molar-refractivity contribution in [2.45, 2.75) is 25.3 Å². The molecule has 0 aliphatic carbocycles. The fourth-order valence-electron chi connectivity index (χ4n) is 3.11. The average Bonchev–Trinajstić information content (AvgIpc) is 3.03. The summed E-state index contributed by atoms with van der Waals surface area (Å²) in [7, 11) is 0. The van der Waals surface area contributed by atoms with Crippen LogP contribution in [0.1, 0.15) is 38.6 Å². The molecule has 0 radical (unpaired) electrons. The zero-order chi connectivity index (χ0) is 14.1. The molecule has 1 N–H and O–H groups in total. The van der Waals surface area contributed by atoms with Gasteiger partial charge in [0, 0.05) is 25.7 Å². The smallest absolute Gasteiger partial charge is 0.345 e. The molecule has 2 aliphatic heterocycles. The quantitative estimate of drug-likeness (QED) is 0.903. The van der Waals surface area contributed by atoms with Crippen LogP contribution >= 0.6 is 11.3 Å². The van der Waals surface area contributed by atoms with Crippen LogP contribution in [0.5, 0.6) is 0 Å². The van der Waals surface area contributed by atoms with E-state index in [1.165, 1.54) is 12.5 Å². The van der Waals surface area contributed by atoms with Crippen LogP contribution in [0, 0.1) is 0 Å². The van der Waals surface area contributed by atoms with Gasteiger partial charge in [-0.2, -0.15) is 0 Å². The first-order valence-electron chi connectivity index (χ1n) is 7.01. The van der Waals surface area contributed by atoms with Gasteiger partial charge in [-0.3, -0.25) is 9.69 Å². The van der Waals surface area contributed by atoms with Crippen LogP contribution in [0.2, 0.25) is 0 Å². The third-order valence-corrected chi connectivity index (χ3v) is 5.18. The molecule has 1 unspecified atom stereocenters. The number of hydrogen-bond donors (Lipinski definition) is 1. The maximum absolute atomic E-state index is 12.5. The van der Waals surface area contributed by atoms with Gasteiger partial charge in [0.25, 0.3) is 5.91 Å². The number of nitrogens with zero attached hydrogens (tertiary/aromatic N) is 2. The van der Waals surface area contributed by atoms with Crippen molar-refractivity contribution in [3.8, 4) is 0 Å². The number of rotatable bonds is 2. The maximum Gasteiger partial charge on any atom is 0.345 e. The second kappa shape index (κ2) is 5.54. The SMILES string of the molecule is O=C(O)c1ccc(C(=O)N2CCCN3CCCC3C2)s1. The lowest BCUT2D eigenvalue weighted by molar-refractivity contribution is 0.0701. The lowest BCUT2D eigenvalue weighted by Gasteiger charge is -2.25. The van der Waals surface area contributed by atoms with Crippen molar-refractivity contribution in [2.75, 3.05) is 26.2 Å². The predicted molar refractivity (Wildman–Crippen MR) is 76.4 cm³/mol. The Bertz CT molecular complexity index is 528. The molecule has 6 heteroatoms. The summed E-state index contributed by atoms with van der Waals surface area (Å²) in [5, 5.41) is 8.94. The molecule has 0 aromatic carbocycles. The highest BCUT2D eigenvalue weighted by Gasteiger charge is 2.31. The Morgan fingerprint density at radius 2 is 1.90 bits per heavy atom. The van der Waals surface area contributed by atoms with E-state index in [-0.39, 0.29) is 10.8 Å². The second-order valence-electron chi connectivity index (χ2n) is 5.41. The molecule has 1 aromatic rings. The highest BCUT2D eigenvalue weighted by Crippen LogP contribution is 2.24. The summed E-state index contributed by atoms with van der Waals surface area (Å²) < 4.78 is 0. The average molecular weight is 294 g/mol. The fraction of sp³-hybridized carbons (Fsp3) is 0.571. The number of amides is 1. The van der Waals surface area contributed by atoms with Gasteiger partial charge >= 0.3 is 5.97 Å². The molecule has 0 bridgehead atoms. The summed E-state index contributed by atoms with van der Waals surface area (Å²) in [4.78, 5) is 28.5. The molecular weight excluding hydrogens is 276 g/mol. The number of hydrogen-bond acceptors (Lipinski definition) is 4. The monoisotopic (exact) mass is 294 g/mol. The molecule has 0 saturated carbocycles. The molecule has 0 spiro atoms. The van der Waals surface area contributed by atoms with Crippen molar-refractivity contribution in [1.82, 2.24) is 9.80 Å². The Morgan fingerprint density at radius 1 is 1.15 bits per heavy atom. The van der Waals surface area contributed by atoms with E-state index in [2.05, 4.69) is 4.90 Å². The summed E-state index contributed by atoms with van der Waals surface area (Å²) in [5.41, 5.74) is 0. The van der Waals surface area contributed by atoms with E-state index in [0.717, 1.165) is 50.4 Å². The Balaban J connectivity index is 1.73. The number of carbonyl (C=O) groups excluding carboxylic acids is 1. The van der Waals surface area contributed by atoms with Gasteiger partial charge in [-0.15, -0.1) is 11.3 Å². The molecule has 5 nitrogen and oxygen atoms in total. The number of thiophene rings is 1. The Hall–Kier alpha value is -1.40. The van der Waals surface area contributed by atoms with Crippen LogP contribution in [0.4, 0.5) is 0 Å². The summed E-state index contributed by atoms with van der Waals surface area (Å²) in [6.07, 6.45) is 3.38. The van der Waals surface area contributed by atoms with Crippen LogP contribution < -0.4 is 0 Å². The minimum Gasteiger partial charge on any atom is -0.477 e. The van der Waals surface area contributed by atoms with E-state index < -0.39 is 5.97 Å². The number of aromatic carboxylic acids is 1. The molecule has 3 heterocycles. The topological polar surface area (TPSA) is 60.9 Å². The molecular formula is C14H18N2O3S. The number of fused-ring (bicyclic) bond motifs is 1. The van der Waals surface area contributed by atoms with Gasteiger partial charge in [-0.25, -0.2) is 4.79 Å². The zero-order valence-electron chi connectivity index (χ0n) is 11.2. The molecule has 108 valence electrons. The largest absolute Gasteiger partial charge is 0.477 e. The molecule has 3 rings (SSSR count). The third-order valence-electron chi connectivity index (χ3n) is 4.12. The van der Waals surface area contributed by atoms with Gasteiger partial charge in [0.15, 0.2) is 0 Å². The molecule has 1 aromatic heterocycles. The van der Waals surface area contributed by atoms with Crippen molar-refractivity contribution in [3.05, 3.63) is 21.9 Å². The highest BCUT2D eigenvalue weighted by atomic mass is 32.1. The molecule has 2 saturated heterocycles. The van der Waals surface area contributed by atoms with Crippen LogP contribution in [0.25, 0.3) is 0 Å². The van der Waals surface area contributed by atoms with E-state index in [9.17, 15) is 9.59 Å². The van der Waals surface area contributed by atoms with E-state index in [1.807, 2.05) is 4.90 Å². The van der Waals surface area contributed by atoms with Gasteiger partial charge in [0.1, 0.15) is 4.88 Å². The molecule has 1 atom stereocenters. The summed E-state index contributed by atoms with van der Waals surface area (Å²) in [5.74, 6) is -0.983. The van der Waals surface area contributed by atoms with Crippen molar-refractivity contribution in [3.63, 3.8) is 0 Å². The Morgan fingerprint density at radius 3 is 2.65 bits per heavy atom. The van der Waals surface area contributed by atoms with Crippen molar-refractivity contribution < 1.29 is 14.7 Å². The minimum absolute atomic E-state index is 0.0174. The molecule has 2 aliphatic rings. The lowest BCUT2D eigenvalue weighted by atomic mass is 10.2. The Labute approximate surface area is 121 Å². The second-order valence-corrected chi connectivity index (χ2v) is 6.49. The van der Waals surface area contributed by atoms with Crippen LogP contribution in [-0.4, -0.2) is 59.0 Å². The van der Waals surface area contributed by atoms with Crippen molar-refractivity contribution in [2.24, 2.45) is 0 Å². The maximum atomic E-state index is 12.5. The van der Waals surface area contributed by atoms with Crippen molar-refractivity contribution >= 4 is 23.2 Å². The lowest BCUT2D eigenvalue weighted by Crippen LogP contribution is -2.39. The number of carboxylic acid groups (broad SMARTS) is 1. The van der Waals surface area contributed by atoms with Crippen LogP contribution in [-0.2, 0) is 0 Å². The third kappa shape index (κ3) is 2.58. The molecule has 2 fully saturated rings. The van der Waals surface area contributed by atoms with Crippen LogP contribution in [0.3, 0.4) is 0 Å². The molecule has 1 amide bonds. The van der Waals surface area contributed by atoms with E-state index >= 15 is 0 Å². The van der Waals surface area contributed by atoms with E-state index in [0.29, 0.717) is 10.9 Å². The first-order valence-corrected chi connectivity index (χ1v) is 7.83. The first kappa shape index (κ1) is 13.6. The summed E-state index contributed by atoms with van der Waals surface area (Å²) in [6.45, 7) is 3.76. The number of carboxylic acids is 1.